The Balaban J connectivity index is 3.73. The lowest BCUT2D eigenvalue weighted by molar-refractivity contribution is -0.136. The summed E-state index contributed by atoms with van der Waals surface area (Å²) in [6, 6.07) is -15.6. The van der Waals surface area contributed by atoms with Crippen molar-refractivity contribution in [2.45, 2.75) is 202 Å². The number of thioether (sulfide) groups is 1. The van der Waals surface area contributed by atoms with Crippen molar-refractivity contribution in [3.05, 3.63) is 0 Å². The molecule has 0 aromatic rings. The number of primary amides is 2. The molecule has 0 aromatic carbocycles. The highest BCUT2D eigenvalue weighted by molar-refractivity contribution is 7.98. The van der Waals surface area contributed by atoms with Crippen LogP contribution in [0.2, 0.25) is 0 Å². The highest BCUT2D eigenvalue weighted by Gasteiger charge is 2.36. The maximum Gasteiger partial charge on any atom is 0.245 e. The van der Waals surface area contributed by atoms with Gasteiger partial charge in [0.1, 0.15) is 60.4 Å². The molecule has 1 heterocycles. The molecule has 13 amide bonds. The maximum absolute atomic E-state index is 14.4. The van der Waals surface area contributed by atoms with Crippen LogP contribution in [0.15, 0.2) is 9.98 Å². The van der Waals surface area contributed by atoms with Gasteiger partial charge in [0.15, 0.2) is 11.9 Å². The second-order valence-corrected chi connectivity index (χ2v) is 23.6. The number of carbonyl (C=O) groups excluding carboxylic acids is 13. The van der Waals surface area contributed by atoms with Crippen molar-refractivity contribution < 1.29 is 72.5 Å². The van der Waals surface area contributed by atoms with E-state index < -0.39 is 163 Å². The summed E-state index contributed by atoms with van der Waals surface area (Å²) in [5.74, 6) is -11.4. The highest BCUT2D eigenvalue weighted by atomic mass is 32.2. The standard InChI is InChI=1S/C56H104N22O15S/c1-30(58)45(84)70-36(16-11-25-67-55(61)62)49(88)74-35-15-7-10-24-66-42(82)20-27-65-23-9-6-14-33(72-52(91)38(18-19-41(59)81)75-53(92)39(21-28-94-4)76-48(35)87)47(86)69-31(2)46(85)71-37(17-12-26-68-56(63)64)50(89)73-34(13-5-8-22-57)51(90)77-40(29-79)54(93)78-43(32(3)80)44(60)83/h30-40,43,65,79-80H,5-29,57-58H2,1-4H3,(H2,59,81)(H2,60,83)(H,66,82)(H,69,86)(H,70,84)(H,71,85)(H,72,91)(H,73,89)(H,74,88)(H,75,92)(H,76,87)(H,77,90)(H,78,93)(H4,61,62,67)(H4,63,64,68)/t30-,31-,32+,33+,34-,35+,36-,37-,38-,39-,40-,43-/m0/s1. The van der Waals surface area contributed by atoms with Gasteiger partial charge in [-0.15, -0.1) is 0 Å². The molecule has 12 atom stereocenters. The predicted octanol–water partition coefficient (Wildman–Crippen LogP) is -9.24. The molecular weight excluding hydrogens is 1250 g/mol. The number of aliphatic imine (C=N–C) groups is 2. The second-order valence-electron chi connectivity index (χ2n) is 22.6. The van der Waals surface area contributed by atoms with Gasteiger partial charge in [0, 0.05) is 39.0 Å². The number of nitrogens with zero attached hydrogens (tertiary/aromatic N) is 2. The van der Waals surface area contributed by atoms with Crippen LogP contribution in [0.3, 0.4) is 0 Å². The summed E-state index contributed by atoms with van der Waals surface area (Å²) in [7, 11) is 0. The predicted molar refractivity (Wildman–Crippen MR) is 349 cm³/mol. The first-order valence-corrected chi connectivity index (χ1v) is 32.8. The van der Waals surface area contributed by atoms with Crippen molar-refractivity contribution in [2.75, 3.05) is 57.9 Å². The lowest BCUT2D eigenvalue weighted by Gasteiger charge is -2.28. The van der Waals surface area contributed by atoms with Crippen LogP contribution in [0.1, 0.15) is 130 Å². The van der Waals surface area contributed by atoms with Gasteiger partial charge in [0.2, 0.25) is 76.8 Å². The third-order valence-electron chi connectivity index (χ3n) is 14.5. The lowest BCUT2D eigenvalue weighted by Crippen LogP contribution is -2.61. The van der Waals surface area contributed by atoms with E-state index in [1.54, 1.807) is 6.26 Å². The Kier molecular flexibility index (Phi) is 41.7. The number of nitrogens with one attached hydrogen (secondary N) is 12. The summed E-state index contributed by atoms with van der Waals surface area (Å²) in [6.45, 7) is 3.95. The van der Waals surface area contributed by atoms with Crippen molar-refractivity contribution in [2.24, 2.45) is 55.9 Å². The van der Waals surface area contributed by atoms with Crippen molar-refractivity contribution in [1.82, 2.24) is 63.8 Å². The van der Waals surface area contributed by atoms with E-state index in [0.29, 0.717) is 25.8 Å². The quantitative estimate of drug-likeness (QED) is 0.0159. The summed E-state index contributed by atoms with van der Waals surface area (Å²) < 4.78 is 0. The number of hydrogen-bond donors (Lipinski definition) is 22. The Morgan fingerprint density at radius 3 is 1.68 bits per heavy atom. The van der Waals surface area contributed by atoms with Crippen molar-refractivity contribution in [3.63, 3.8) is 0 Å². The van der Waals surface area contributed by atoms with Crippen LogP contribution < -0.4 is 110 Å². The molecule has 0 unspecified atom stereocenters. The molecule has 1 saturated heterocycles. The fourth-order valence-electron chi connectivity index (χ4n) is 9.11. The first-order valence-electron chi connectivity index (χ1n) is 31.4. The number of nitrogens with two attached hydrogens (primary N) is 8. The smallest absolute Gasteiger partial charge is 0.245 e. The molecule has 0 aliphatic carbocycles. The first-order chi connectivity index (χ1) is 44.4. The number of unbranched alkanes of at least 4 members (excludes halogenated alkanes) is 1. The van der Waals surface area contributed by atoms with Gasteiger partial charge in [-0.1, -0.05) is 0 Å². The number of rotatable bonds is 35. The van der Waals surface area contributed by atoms with Crippen LogP contribution in [-0.4, -0.2) is 229 Å². The molecule has 94 heavy (non-hydrogen) atoms. The molecule has 38 heteroatoms. The van der Waals surface area contributed by atoms with Gasteiger partial charge in [-0.3, -0.25) is 72.3 Å². The van der Waals surface area contributed by atoms with E-state index in [9.17, 15) is 72.5 Å². The molecule has 0 radical (unpaired) electrons. The number of guanidine groups is 2. The summed E-state index contributed by atoms with van der Waals surface area (Å²) in [5, 5.41) is 51.3. The first kappa shape index (κ1) is 83.8. The second kappa shape index (κ2) is 46.8. The maximum atomic E-state index is 14.4. The van der Waals surface area contributed by atoms with Crippen molar-refractivity contribution in [1.29, 1.82) is 0 Å². The normalized spacial score (nSPS) is 19.8. The molecular formula is C56H104N22O15S. The van der Waals surface area contributed by atoms with Crippen LogP contribution in [0.5, 0.6) is 0 Å². The zero-order valence-corrected chi connectivity index (χ0v) is 55.0. The highest BCUT2D eigenvalue weighted by Crippen LogP contribution is 2.12. The SMILES string of the molecule is CSCC[C@@H]1NC(=O)[C@H](NC(=O)[C@H](CCCN=C(N)N)NC(=O)[C@H](C)N)CCCCNC(=O)CCNCCCC[C@H](C(=O)N[C@@H](C)C(=O)N[C@@H](CCCN=C(N)N)C(=O)N[C@@H](CCCCN)C(=O)N[C@@H](CO)C(=O)N[C@H](C(N)=O)[C@@H](C)O)NC(=O)[C@H](CCC(N)=O)NC1=O. The summed E-state index contributed by atoms with van der Waals surface area (Å²) in [4.78, 5) is 184. The van der Waals surface area contributed by atoms with Crippen molar-refractivity contribution in [3.8, 4) is 0 Å². The molecule has 534 valence electrons. The van der Waals surface area contributed by atoms with Gasteiger partial charge >= 0.3 is 0 Å². The molecule has 1 aliphatic rings. The molecule has 0 spiro atoms. The Labute approximate surface area is 551 Å². The number of amides is 13. The number of aliphatic hydroxyl groups excluding tert-OH is 2. The van der Waals surface area contributed by atoms with E-state index >= 15 is 0 Å². The molecule has 1 aliphatic heterocycles. The topological polar surface area (TPSA) is 640 Å². The van der Waals surface area contributed by atoms with Gasteiger partial charge in [0.05, 0.1) is 18.8 Å². The third-order valence-corrected chi connectivity index (χ3v) is 15.1. The van der Waals surface area contributed by atoms with Gasteiger partial charge < -0.3 is 120 Å². The minimum atomic E-state index is -1.70. The van der Waals surface area contributed by atoms with E-state index in [4.69, 9.17) is 45.9 Å². The van der Waals surface area contributed by atoms with Crippen LogP contribution in [0, 0.1) is 0 Å². The lowest BCUT2D eigenvalue weighted by atomic mass is 10.0. The molecule has 1 rings (SSSR count). The molecule has 1 fully saturated rings. The van der Waals surface area contributed by atoms with Gasteiger partial charge in [-0.05, 0) is 142 Å². The molecule has 37 nitrogen and oxygen atoms in total. The fraction of sp³-hybridized carbons (Fsp3) is 0.732. The zero-order valence-electron chi connectivity index (χ0n) is 54.2. The Morgan fingerprint density at radius 2 is 1.13 bits per heavy atom. The van der Waals surface area contributed by atoms with Gasteiger partial charge in [-0.2, -0.15) is 11.8 Å². The fourth-order valence-corrected chi connectivity index (χ4v) is 9.58. The van der Waals surface area contributed by atoms with E-state index in [0.717, 1.165) is 0 Å². The minimum Gasteiger partial charge on any atom is -0.394 e. The average Bonchev–Trinajstić information content (AvgIpc) is 0.985. The van der Waals surface area contributed by atoms with E-state index in [1.807, 2.05) is 0 Å². The number of carbonyl (C=O) groups is 13. The van der Waals surface area contributed by atoms with Crippen LogP contribution in [0.4, 0.5) is 0 Å². The summed E-state index contributed by atoms with van der Waals surface area (Å²) in [5.41, 5.74) is 44.2. The van der Waals surface area contributed by atoms with Crippen LogP contribution >= 0.6 is 11.8 Å². The van der Waals surface area contributed by atoms with E-state index in [-0.39, 0.29) is 133 Å². The number of hydrogen-bond acceptors (Lipinski definition) is 21. The average molecular weight is 1360 g/mol. The van der Waals surface area contributed by atoms with Crippen molar-refractivity contribution >= 4 is 100 Å². The molecule has 0 saturated carbocycles. The van der Waals surface area contributed by atoms with Gasteiger partial charge in [0.25, 0.3) is 0 Å². The zero-order chi connectivity index (χ0) is 70.9. The molecule has 0 bridgehead atoms. The Morgan fingerprint density at radius 1 is 0.606 bits per heavy atom. The Bertz CT molecular complexity index is 2540. The summed E-state index contributed by atoms with van der Waals surface area (Å²) >= 11 is 1.32. The van der Waals surface area contributed by atoms with Crippen LogP contribution in [0.25, 0.3) is 0 Å². The van der Waals surface area contributed by atoms with Gasteiger partial charge in [-0.25, -0.2) is 0 Å². The minimum absolute atomic E-state index is 0.0118. The largest absolute Gasteiger partial charge is 0.394 e. The third kappa shape index (κ3) is 35.2. The number of aliphatic hydroxyl groups is 2. The molecule has 30 N–H and O–H groups in total. The van der Waals surface area contributed by atoms with E-state index in [2.05, 4.69) is 73.8 Å². The monoisotopic (exact) mass is 1360 g/mol. The van der Waals surface area contributed by atoms with E-state index in [1.165, 1.54) is 32.5 Å². The Hall–Kier alpha value is -8.20. The summed E-state index contributed by atoms with van der Waals surface area (Å²) in [6.07, 6.45) is 1.46. The molecule has 0 aromatic heterocycles. The van der Waals surface area contributed by atoms with Crippen LogP contribution in [-0.2, 0) is 62.3 Å².